The van der Waals surface area contributed by atoms with Crippen LogP contribution < -0.4 is 4.74 Å². The lowest BCUT2D eigenvalue weighted by molar-refractivity contribution is 0.455. The van der Waals surface area contributed by atoms with E-state index >= 15 is 0 Å². The van der Waals surface area contributed by atoms with Crippen LogP contribution in [0.3, 0.4) is 0 Å². The Morgan fingerprint density at radius 2 is 1.48 bits per heavy atom. The summed E-state index contributed by atoms with van der Waals surface area (Å²) in [6, 6.07) is 26.0. The van der Waals surface area contributed by atoms with E-state index in [-0.39, 0.29) is 5.41 Å². The van der Waals surface area contributed by atoms with Crippen molar-refractivity contribution in [2.75, 3.05) is 0 Å². The van der Waals surface area contributed by atoms with Crippen molar-refractivity contribution in [2.45, 2.75) is 26.2 Å². The zero-order chi connectivity index (χ0) is 17.9. The molecule has 25 heavy (non-hydrogen) atoms. The Labute approximate surface area is 149 Å². The molecule has 0 amide bonds. The summed E-state index contributed by atoms with van der Waals surface area (Å²) in [5, 5.41) is 8.92. The number of nitrogens with zero attached hydrogens (tertiary/aromatic N) is 1. The minimum atomic E-state index is -0.0489. The fraction of sp³-hybridized carbons (Fsp3) is 0.174. The minimum Gasteiger partial charge on any atom is -0.457 e. The van der Waals surface area contributed by atoms with E-state index in [0.717, 1.165) is 17.1 Å². The van der Waals surface area contributed by atoms with Crippen LogP contribution in [0.2, 0.25) is 0 Å². The summed E-state index contributed by atoms with van der Waals surface area (Å²) in [6.45, 7) is 6.55. The largest absolute Gasteiger partial charge is 0.457 e. The molecule has 0 aliphatic heterocycles. The maximum absolute atomic E-state index is 8.92. The van der Waals surface area contributed by atoms with E-state index in [1.54, 1.807) is 12.1 Å². The van der Waals surface area contributed by atoms with Gasteiger partial charge in [0.25, 0.3) is 0 Å². The van der Waals surface area contributed by atoms with Crippen molar-refractivity contribution in [3.05, 3.63) is 83.9 Å². The number of benzene rings is 3. The van der Waals surface area contributed by atoms with Gasteiger partial charge in [-0.05, 0) is 52.9 Å². The van der Waals surface area contributed by atoms with Gasteiger partial charge in [0.2, 0.25) is 0 Å². The van der Waals surface area contributed by atoms with Gasteiger partial charge in [0.05, 0.1) is 11.6 Å². The van der Waals surface area contributed by atoms with Gasteiger partial charge in [-0.1, -0.05) is 57.2 Å². The van der Waals surface area contributed by atoms with Crippen LogP contribution in [0.25, 0.3) is 11.1 Å². The highest BCUT2D eigenvalue weighted by atomic mass is 16.5. The molecule has 0 radical (unpaired) electrons. The van der Waals surface area contributed by atoms with Crippen molar-refractivity contribution in [3.63, 3.8) is 0 Å². The summed E-state index contributed by atoms with van der Waals surface area (Å²) in [5.74, 6) is 1.58. The number of rotatable bonds is 3. The van der Waals surface area contributed by atoms with Crippen LogP contribution in [-0.4, -0.2) is 0 Å². The first-order valence-electron chi connectivity index (χ1n) is 8.35. The molecule has 0 bridgehead atoms. The molecule has 3 rings (SSSR count). The lowest BCUT2D eigenvalue weighted by Gasteiger charge is -2.24. The van der Waals surface area contributed by atoms with Gasteiger partial charge >= 0.3 is 0 Å². The standard InChI is InChI=1S/C23H21NO/c1-23(2,3)21-15-19(18-7-5-4-6-8-18)11-14-22(21)25-20-12-9-17(16-24)10-13-20/h4-15H,1-3H3. The van der Waals surface area contributed by atoms with Crippen molar-refractivity contribution < 1.29 is 4.74 Å². The molecule has 0 aliphatic rings. The first kappa shape index (κ1) is 16.8. The Balaban J connectivity index is 1.99. The maximum Gasteiger partial charge on any atom is 0.131 e. The van der Waals surface area contributed by atoms with Crippen LogP contribution in [0.1, 0.15) is 31.9 Å². The van der Waals surface area contributed by atoms with E-state index in [1.807, 2.05) is 36.4 Å². The summed E-state index contributed by atoms with van der Waals surface area (Å²) in [6.07, 6.45) is 0. The molecule has 0 saturated carbocycles. The molecule has 0 aromatic heterocycles. The van der Waals surface area contributed by atoms with Crippen LogP contribution in [0.4, 0.5) is 0 Å². The third kappa shape index (κ3) is 3.89. The summed E-state index contributed by atoms with van der Waals surface area (Å²) in [4.78, 5) is 0. The second-order valence-electron chi connectivity index (χ2n) is 7.07. The average Bonchev–Trinajstić information content (AvgIpc) is 2.62. The van der Waals surface area contributed by atoms with Crippen LogP contribution in [0.5, 0.6) is 11.5 Å². The first-order valence-corrected chi connectivity index (χ1v) is 8.35. The van der Waals surface area contributed by atoms with Crippen molar-refractivity contribution >= 4 is 0 Å². The van der Waals surface area contributed by atoms with Crippen molar-refractivity contribution in [2.24, 2.45) is 0 Å². The molecular formula is C23H21NO. The van der Waals surface area contributed by atoms with E-state index in [9.17, 15) is 0 Å². The first-order chi connectivity index (χ1) is 12.0. The summed E-state index contributed by atoms with van der Waals surface area (Å²) in [5.41, 5.74) is 4.10. The number of nitriles is 1. The number of ether oxygens (including phenoxy) is 1. The topological polar surface area (TPSA) is 33.0 Å². The van der Waals surface area contributed by atoms with Crippen molar-refractivity contribution in [1.29, 1.82) is 5.26 Å². The third-order valence-electron chi connectivity index (χ3n) is 4.11. The summed E-state index contributed by atoms with van der Waals surface area (Å²) in [7, 11) is 0. The lowest BCUT2D eigenvalue weighted by Crippen LogP contribution is -2.12. The Morgan fingerprint density at radius 3 is 2.08 bits per heavy atom. The molecule has 3 aromatic carbocycles. The number of hydrogen-bond acceptors (Lipinski definition) is 2. The van der Waals surface area contributed by atoms with Gasteiger partial charge in [0, 0.05) is 5.56 Å². The van der Waals surface area contributed by atoms with Gasteiger partial charge in [0.1, 0.15) is 11.5 Å². The SMILES string of the molecule is CC(C)(C)c1cc(-c2ccccc2)ccc1Oc1ccc(C#N)cc1. The van der Waals surface area contributed by atoms with E-state index < -0.39 is 0 Å². The van der Waals surface area contributed by atoms with Crippen LogP contribution in [0, 0.1) is 11.3 Å². The van der Waals surface area contributed by atoms with Gasteiger partial charge in [0.15, 0.2) is 0 Å². The molecule has 0 heterocycles. The van der Waals surface area contributed by atoms with Crippen molar-refractivity contribution in [1.82, 2.24) is 0 Å². The molecule has 3 aromatic rings. The highest BCUT2D eigenvalue weighted by molar-refractivity contribution is 5.66. The van der Waals surface area contributed by atoms with Gasteiger partial charge < -0.3 is 4.74 Å². The highest BCUT2D eigenvalue weighted by Crippen LogP contribution is 2.37. The fourth-order valence-corrected chi connectivity index (χ4v) is 2.74. The predicted molar refractivity (Wildman–Crippen MR) is 102 cm³/mol. The highest BCUT2D eigenvalue weighted by Gasteiger charge is 2.20. The Bertz CT molecular complexity index is 898. The summed E-state index contributed by atoms with van der Waals surface area (Å²) < 4.78 is 6.12. The van der Waals surface area contributed by atoms with Crippen LogP contribution in [-0.2, 0) is 5.41 Å². The van der Waals surface area contributed by atoms with Crippen LogP contribution in [0.15, 0.2) is 72.8 Å². The second-order valence-corrected chi connectivity index (χ2v) is 7.07. The fourth-order valence-electron chi connectivity index (χ4n) is 2.74. The quantitative estimate of drug-likeness (QED) is 0.564. The van der Waals surface area contributed by atoms with Gasteiger partial charge in [-0.2, -0.15) is 5.26 Å². The maximum atomic E-state index is 8.92. The molecule has 2 nitrogen and oxygen atoms in total. The van der Waals surface area contributed by atoms with E-state index in [1.165, 1.54) is 11.1 Å². The van der Waals surface area contributed by atoms with E-state index in [0.29, 0.717) is 5.56 Å². The van der Waals surface area contributed by atoms with Gasteiger partial charge in [-0.15, -0.1) is 0 Å². The smallest absolute Gasteiger partial charge is 0.131 e. The van der Waals surface area contributed by atoms with E-state index in [4.69, 9.17) is 10.00 Å². The third-order valence-corrected chi connectivity index (χ3v) is 4.11. The molecule has 0 unspecified atom stereocenters. The molecule has 2 heteroatoms. The zero-order valence-electron chi connectivity index (χ0n) is 14.8. The zero-order valence-corrected chi connectivity index (χ0v) is 14.8. The molecule has 0 aliphatic carbocycles. The lowest BCUT2D eigenvalue weighted by atomic mass is 9.84. The Kier molecular flexibility index (Phi) is 4.59. The second kappa shape index (κ2) is 6.83. The molecule has 0 saturated heterocycles. The van der Waals surface area contributed by atoms with Crippen molar-refractivity contribution in [3.8, 4) is 28.7 Å². The monoisotopic (exact) mass is 327 g/mol. The Morgan fingerprint density at radius 1 is 0.800 bits per heavy atom. The number of hydrogen-bond donors (Lipinski definition) is 0. The summed E-state index contributed by atoms with van der Waals surface area (Å²) >= 11 is 0. The van der Waals surface area contributed by atoms with Gasteiger partial charge in [-0.25, -0.2) is 0 Å². The molecule has 0 N–H and O–H groups in total. The average molecular weight is 327 g/mol. The predicted octanol–water partition coefficient (Wildman–Crippen LogP) is 6.32. The molecule has 124 valence electrons. The van der Waals surface area contributed by atoms with Crippen LogP contribution >= 0.6 is 0 Å². The molecule has 0 fully saturated rings. The molecular weight excluding hydrogens is 306 g/mol. The Hall–Kier alpha value is -3.05. The van der Waals surface area contributed by atoms with E-state index in [2.05, 4.69) is 51.1 Å². The minimum absolute atomic E-state index is 0.0489. The van der Waals surface area contributed by atoms with Gasteiger partial charge in [-0.3, -0.25) is 0 Å². The molecule has 0 spiro atoms. The molecule has 0 atom stereocenters. The normalized spacial score (nSPS) is 11.0.